The van der Waals surface area contributed by atoms with E-state index in [1.54, 1.807) is 24.3 Å². The summed E-state index contributed by atoms with van der Waals surface area (Å²) >= 11 is 0. The highest BCUT2D eigenvalue weighted by Crippen LogP contribution is 2.23. The maximum Gasteiger partial charge on any atom is 0.115 e. The lowest BCUT2D eigenvalue weighted by atomic mass is 9.99. The summed E-state index contributed by atoms with van der Waals surface area (Å²) in [7, 11) is 0. The second-order valence-corrected chi connectivity index (χ2v) is 3.02. The van der Waals surface area contributed by atoms with E-state index in [2.05, 4.69) is 6.92 Å². The Balaban J connectivity index is 2.88. The fourth-order valence-corrected chi connectivity index (χ4v) is 1.04. The summed E-state index contributed by atoms with van der Waals surface area (Å²) < 4.78 is 0. The van der Waals surface area contributed by atoms with E-state index in [-0.39, 0.29) is 11.7 Å². The molecule has 0 saturated heterocycles. The molecule has 0 aliphatic carbocycles. The minimum atomic E-state index is -0.600. The van der Waals surface area contributed by atoms with Crippen LogP contribution >= 0.6 is 0 Å². The van der Waals surface area contributed by atoms with Gasteiger partial charge in [0.1, 0.15) is 5.75 Å². The van der Waals surface area contributed by atoms with Crippen LogP contribution in [0, 0.1) is 12.8 Å². The first-order valence-electron chi connectivity index (χ1n) is 3.91. The molecule has 0 fully saturated rings. The van der Waals surface area contributed by atoms with E-state index in [1.165, 1.54) is 0 Å². The van der Waals surface area contributed by atoms with Crippen molar-refractivity contribution < 1.29 is 10.2 Å². The van der Waals surface area contributed by atoms with Crippen molar-refractivity contribution in [2.45, 2.75) is 13.0 Å². The van der Waals surface area contributed by atoms with Crippen molar-refractivity contribution in [1.82, 2.24) is 0 Å². The van der Waals surface area contributed by atoms with Crippen molar-refractivity contribution in [1.29, 1.82) is 0 Å². The minimum absolute atomic E-state index is 0.0770. The normalized spacial score (nSPS) is 13.3. The predicted octanol–water partition coefficient (Wildman–Crippen LogP) is 1.90. The molecule has 2 N–H and O–H groups in total. The second kappa shape index (κ2) is 3.59. The highest BCUT2D eigenvalue weighted by Gasteiger charge is 2.11. The number of rotatable bonds is 2. The molecule has 1 aromatic rings. The Morgan fingerprint density at radius 1 is 1.42 bits per heavy atom. The highest BCUT2D eigenvalue weighted by molar-refractivity contribution is 5.28. The third-order valence-electron chi connectivity index (χ3n) is 1.75. The van der Waals surface area contributed by atoms with Crippen LogP contribution in [0.5, 0.6) is 5.75 Å². The van der Waals surface area contributed by atoms with E-state index < -0.39 is 6.10 Å². The molecule has 1 rings (SSSR count). The summed E-state index contributed by atoms with van der Waals surface area (Å²) in [6, 6.07) is 6.60. The molecule has 2 atom stereocenters. The van der Waals surface area contributed by atoms with Gasteiger partial charge in [-0.25, -0.2) is 0 Å². The summed E-state index contributed by atoms with van der Waals surface area (Å²) in [5, 5.41) is 18.7. The monoisotopic (exact) mass is 165 g/mol. The molecular weight excluding hydrogens is 152 g/mol. The molecule has 1 radical (unpaired) electrons. The number of hydrogen-bond acceptors (Lipinski definition) is 2. The molecule has 65 valence electrons. The van der Waals surface area contributed by atoms with Gasteiger partial charge < -0.3 is 10.2 Å². The molecule has 0 aliphatic rings. The van der Waals surface area contributed by atoms with Crippen LogP contribution in [0.3, 0.4) is 0 Å². The predicted molar refractivity (Wildman–Crippen MR) is 47.6 cm³/mol. The number of aliphatic hydroxyl groups is 1. The molecule has 12 heavy (non-hydrogen) atoms. The third-order valence-corrected chi connectivity index (χ3v) is 1.75. The van der Waals surface area contributed by atoms with Gasteiger partial charge in [-0.1, -0.05) is 19.1 Å². The van der Waals surface area contributed by atoms with Gasteiger partial charge in [-0.2, -0.15) is 0 Å². The first-order valence-corrected chi connectivity index (χ1v) is 3.91. The van der Waals surface area contributed by atoms with Crippen LogP contribution in [-0.4, -0.2) is 10.2 Å². The molecule has 0 spiro atoms. The van der Waals surface area contributed by atoms with Crippen LogP contribution in [0.1, 0.15) is 18.6 Å². The molecule has 0 heterocycles. The van der Waals surface area contributed by atoms with Gasteiger partial charge in [-0.05, 0) is 30.5 Å². The number of phenolic OH excluding ortho intramolecular Hbond substituents is 1. The number of hydrogen-bond donors (Lipinski definition) is 2. The van der Waals surface area contributed by atoms with Gasteiger partial charge in [0.2, 0.25) is 0 Å². The number of aliphatic hydroxyl groups excluding tert-OH is 1. The largest absolute Gasteiger partial charge is 0.508 e. The Bertz CT molecular complexity index is 256. The molecule has 2 nitrogen and oxygen atoms in total. The minimum Gasteiger partial charge on any atom is -0.508 e. The van der Waals surface area contributed by atoms with E-state index in [9.17, 15) is 5.11 Å². The van der Waals surface area contributed by atoms with Gasteiger partial charge in [0.25, 0.3) is 0 Å². The Labute approximate surface area is 72.5 Å². The van der Waals surface area contributed by atoms with Crippen molar-refractivity contribution in [2.75, 3.05) is 0 Å². The van der Waals surface area contributed by atoms with Crippen molar-refractivity contribution >= 4 is 0 Å². The molecule has 1 aromatic carbocycles. The Morgan fingerprint density at radius 3 is 2.58 bits per heavy atom. The standard InChI is InChI=1S/C10H13O2/c1-7(2)10(12)8-4-3-5-9(11)6-8/h3-7,10-12H,1H2,2H3. The SMILES string of the molecule is [CH2]C(C)C(O)c1cccc(O)c1. The summed E-state index contributed by atoms with van der Waals surface area (Å²) in [5.74, 6) is 0.0963. The zero-order chi connectivity index (χ0) is 9.14. The zero-order valence-corrected chi connectivity index (χ0v) is 7.07. The van der Waals surface area contributed by atoms with Crippen LogP contribution in [0.25, 0.3) is 0 Å². The molecule has 0 bridgehead atoms. The molecule has 0 saturated carbocycles. The van der Waals surface area contributed by atoms with Gasteiger partial charge in [-0.3, -0.25) is 0 Å². The molecule has 2 heteroatoms. The number of benzene rings is 1. The lowest BCUT2D eigenvalue weighted by Gasteiger charge is -2.14. The quantitative estimate of drug-likeness (QED) is 0.702. The van der Waals surface area contributed by atoms with E-state index >= 15 is 0 Å². The molecule has 0 aromatic heterocycles. The number of phenols is 1. The number of aromatic hydroxyl groups is 1. The first kappa shape index (κ1) is 9.07. The van der Waals surface area contributed by atoms with Gasteiger partial charge >= 0.3 is 0 Å². The third kappa shape index (κ3) is 1.98. The lowest BCUT2D eigenvalue weighted by molar-refractivity contribution is 0.138. The smallest absolute Gasteiger partial charge is 0.115 e. The molecule has 2 unspecified atom stereocenters. The van der Waals surface area contributed by atoms with Crippen molar-refractivity contribution in [3.63, 3.8) is 0 Å². The fraction of sp³-hybridized carbons (Fsp3) is 0.300. The van der Waals surface area contributed by atoms with E-state index in [0.717, 1.165) is 0 Å². The Morgan fingerprint density at radius 2 is 2.08 bits per heavy atom. The van der Waals surface area contributed by atoms with Crippen molar-refractivity contribution in [3.05, 3.63) is 36.8 Å². The summed E-state index contributed by atoms with van der Waals surface area (Å²) in [6.07, 6.45) is -0.600. The van der Waals surface area contributed by atoms with Crippen LogP contribution in [-0.2, 0) is 0 Å². The van der Waals surface area contributed by atoms with E-state index in [0.29, 0.717) is 5.56 Å². The van der Waals surface area contributed by atoms with E-state index in [4.69, 9.17) is 5.11 Å². The van der Waals surface area contributed by atoms with Gasteiger partial charge in [0, 0.05) is 0 Å². The van der Waals surface area contributed by atoms with Gasteiger partial charge in [0.05, 0.1) is 6.10 Å². The lowest BCUT2D eigenvalue weighted by Crippen LogP contribution is -2.04. The second-order valence-electron chi connectivity index (χ2n) is 3.02. The summed E-state index contributed by atoms with van der Waals surface area (Å²) in [5.41, 5.74) is 0.706. The zero-order valence-electron chi connectivity index (χ0n) is 7.07. The van der Waals surface area contributed by atoms with Crippen LogP contribution in [0.15, 0.2) is 24.3 Å². The molecular formula is C10H13O2. The molecule has 0 amide bonds. The summed E-state index contributed by atoms with van der Waals surface area (Å²) in [4.78, 5) is 0. The highest BCUT2D eigenvalue weighted by atomic mass is 16.3. The van der Waals surface area contributed by atoms with Crippen LogP contribution < -0.4 is 0 Å². The maximum absolute atomic E-state index is 9.55. The van der Waals surface area contributed by atoms with Crippen LogP contribution in [0.2, 0.25) is 0 Å². The Hall–Kier alpha value is -1.02. The molecule has 0 aliphatic heterocycles. The first-order chi connectivity index (χ1) is 5.61. The maximum atomic E-state index is 9.55. The van der Waals surface area contributed by atoms with Crippen molar-refractivity contribution in [3.8, 4) is 5.75 Å². The Kier molecular flexibility index (Phi) is 2.71. The van der Waals surface area contributed by atoms with Gasteiger partial charge in [0.15, 0.2) is 0 Å². The van der Waals surface area contributed by atoms with Crippen LogP contribution in [0.4, 0.5) is 0 Å². The van der Waals surface area contributed by atoms with Crippen molar-refractivity contribution in [2.24, 2.45) is 5.92 Å². The summed E-state index contributed by atoms with van der Waals surface area (Å²) in [6.45, 7) is 5.54. The van der Waals surface area contributed by atoms with Gasteiger partial charge in [-0.15, -0.1) is 0 Å². The average Bonchev–Trinajstić information content (AvgIpc) is 2.03. The van der Waals surface area contributed by atoms with E-state index in [1.807, 2.05) is 6.92 Å². The average molecular weight is 165 g/mol. The topological polar surface area (TPSA) is 40.5 Å². The fourth-order valence-electron chi connectivity index (χ4n) is 1.04.